The molecule has 2 N–H and O–H groups in total. The summed E-state index contributed by atoms with van der Waals surface area (Å²) in [5, 5.41) is 20.8. The van der Waals surface area contributed by atoms with Crippen LogP contribution in [-0.2, 0) is 4.79 Å². The molecule has 1 aromatic rings. The van der Waals surface area contributed by atoms with Crippen molar-refractivity contribution in [2.75, 3.05) is 13.2 Å². The van der Waals surface area contributed by atoms with Gasteiger partial charge < -0.3 is 15.2 Å². The van der Waals surface area contributed by atoms with Gasteiger partial charge in [0.15, 0.2) is 6.61 Å². The zero-order valence-electron chi connectivity index (χ0n) is 12.6. The predicted octanol–water partition coefficient (Wildman–Crippen LogP) is 1.88. The Hall–Kier alpha value is -2.32. The summed E-state index contributed by atoms with van der Waals surface area (Å²) in [5.74, 6) is 0.768. The molecule has 1 aromatic carbocycles. The summed E-state index contributed by atoms with van der Waals surface area (Å²) >= 11 is 0. The van der Waals surface area contributed by atoms with E-state index in [0.717, 1.165) is 18.4 Å². The fourth-order valence-electron chi connectivity index (χ4n) is 2.28. The largest absolute Gasteiger partial charge is 0.479 e. The van der Waals surface area contributed by atoms with E-state index >= 15 is 0 Å². The van der Waals surface area contributed by atoms with Crippen LogP contribution in [0.3, 0.4) is 0 Å². The fourth-order valence-corrected chi connectivity index (χ4v) is 2.28. The topological polar surface area (TPSA) is 82.3 Å². The van der Waals surface area contributed by atoms with Crippen LogP contribution in [0.5, 0.6) is 5.75 Å². The molecule has 1 amide bonds. The number of nitrogens with one attached hydrogen (secondary N) is 1. The fraction of sp³-hybridized carbons (Fsp3) is 0.412. The maximum atomic E-state index is 12.0. The van der Waals surface area contributed by atoms with E-state index in [1.807, 2.05) is 25.1 Å². The van der Waals surface area contributed by atoms with Gasteiger partial charge in [-0.15, -0.1) is 0 Å². The normalized spacial score (nSPS) is 16.8. The third kappa shape index (κ3) is 4.34. The van der Waals surface area contributed by atoms with E-state index in [2.05, 4.69) is 5.32 Å². The second kappa shape index (κ2) is 7.10. The highest BCUT2D eigenvalue weighted by molar-refractivity contribution is 5.92. The number of ether oxygens (including phenoxy) is 1. The molecule has 5 nitrogen and oxygen atoms in total. The number of amides is 1. The monoisotopic (exact) mass is 300 g/mol. The van der Waals surface area contributed by atoms with Crippen LogP contribution in [0.25, 0.3) is 6.08 Å². The zero-order chi connectivity index (χ0) is 16.0. The first-order chi connectivity index (χ1) is 10.6. The van der Waals surface area contributed by atoms with Crippen LogP contribution in [0.2, 0.25) is 0 Å². The van der Waals surface area contributed by atoms with Gasteiger partial charge >= 0.3 is 0 Å². The highest BCUT2D eigenvalue weighted by Crippen LogP contribution is 2.39. The second-order valence-corrected chi connectivity index (χ2v) is 5.69. The summed E-state index contributed by atoms with van der Waals surface area (Å²) in [5.41, 5.74) is 0.327. The molecular weight excluding hydrogens is 280 g/mol. The molecule has 1 atom stereocenters. The van der Waals surface area contributed by atoms with Gasteiger partial charge in [0.1, 0.15) is 11.8 Å². The van der Waals surface area contributed by atoms with Gasteiger partial charge in [-0.05, 0) is 49.5 Å². The maximum Gasteiger partial charge on any atom is 0.244 e. The third-order valence-electron chi connectivity index (χ3n) is 3.83. The van der Waals surface area contributed by atoms with E-state index in [4.69, 9.17) is 10.00 Å². The Kier molecular flexibility index (Phi) is 5.18. The number of benzene rings is 1. The Labute approximate surface area is 130 Å². The molecule has 22 heavy (non-hydrogen) atoms. The lowest BCUT2D eigenvalue weighted by Gasteiger charge is -2.28. The second-order valence-electron chi connectivity index (χ2n) is 5.69. The van der Waals surface area contributed by atoms with Crippen LogP contribution in [0.15, 0.2) is 30.3 Å². The van der Waals surface area contributed by atoms with Crippen LogP contribution >= 0.6 is 0 Å². The summed E-state index contributed by atoms with van der Waals surface area (Å²) in [6, 6.07) is 9.01. The van der Waals surface area contributed by atoms with Gasteiger partial charge in [0.25, 0.3) is 0 Å². The van der Waals surface area contributed by atoms with Crippen molar-refractivity contribution >= 4 is 12.0 Å². The molecule has 5 heteroatoms. The molecular formula is C17H20N2O3. The van der Waals surface area contributed by atoms with Gasteiger partial charge in [0.05, 0.1) is 12.1 Å². The van der Waals surface area contributed by atoms with Crippen molar-refractivity contribution in [1.82, 2.24) is 5.32 Å². The van der Waals surface area contributed by atoms with E-state index in [9.17, 15) is 9.90 Å². The van der Waals surface area contributed by atoms with E-state index in [0.29, 0.717) is 11.7 Å². The summed E-state index contributed by atoms with van der Waals surface area (Å²) in [7, 11) is 0. The Morgan fingerprint density at radius 3 is 2.73 bits per heavy atom. The number of nitriles is 1. The van der Waals surface area contributed by atoms with Gasteiger partial charge in [0.2, 0.25) is 5.91 Å². The van der Waals surface area contributed by atoms with Crippen molar-refractivity contribution in [1.29, 1.82) is 5.26 Å². The molecule has 0 saturated heterocycles. The Morgan fingerprint density at radius 1 is 1.50 bits per heavy atom. The number of nitrogens with zero attached hydrogens (tertiary/aromatic N) is 1. The molecule has 0 aliphatic heterocycles. The van der Waals surface area contributed by atoms with Gasteiger partial charge in [-0.1, -0.05) is 12.1 Å². The average Bonchev–Trinajstić information content (AvgIpc) is 3.37. The average molecular weight is 300 g/mol. The number of aliphatic hydroxyl groups is 1. The molecule has 1 saturated carbocycles. The van der Waals surface area contributed by atoms with Crippen LogP contribution in [0, 0.1) is 17.2 Å². The first kappa shape index (κ1) is 16.1. The smallest absolute Gasteiger partial charge is 0.244 e. The Morgan fingerprint density at radius 2 is 2.18 bits per heavy atom. The molecule has 0 spiro atoms. The van der Waals surface area contributed by atoms with Gasteiger partial charge in [-0.3, -0.25) is 4.79 Å². The minimum atomic E-state index is -0.531. The molecule has 1 aliphatic carbocycles. The quantitative estimate of drug-likeness (QED) is 0.753. The summed E-state index contributed by atoms with van der Waals surface area (Å²) in [6.07, 6.45) is 5.26. The molecule has 1 fully saturated rings. The summed E-state index contributed by atoms with van der Waals surface area (Å²) in [6.45, 7) is 1.83. The SMILES string of the molecule is CC(CO)(NC(=O)/C=C/c1ccc(OCC#N)cc1)C1CC1. The highest BCUT2D eigenvalue weighted by Gasteiger charge is 2.41. The van der Waals surface area contributed by atoms with Crippen LogP contribution in [0.4, 0.5) is 0 Å². The Balaban J connectivity index is 1.90. The summed E-state index contributed by atoms with van der Waals surface area (Å²) in [4.78, 5) is 12.0. The molecule has 2 rings (SSSR count). The minimum absolute atomic E-state index is 0.0124. The molecule has 1 unspecified atom stereocenters. The summed E-state index contributed by atoms with van der Waals surface area (Å²) < 4.78 is 5.16. The molecule has 0 bridgehead atoms. The van der Waals surface area contributed by atoms with Crippen molar-refractivity contribution < 1.29 is 14.6 Å². The van der Waals surface area contributed by atoms with Crippen LogP contribution in [0.1, 0.15) is 25.3 Å². The van der Waals surface area contributed by atoms with Crippen molar-refractivity contribution in [2.24, 2.45) is 5.92 Å². The van der Waals surface area contributed by atoms with Crippen molar-refractivity contribution in [3.63, 3.8) is 0 Å². The number of rotatable bonds is 7. The lowest BCUT2D eigenvalue weighted by molar-refractivity contribution is -0.119. The van der Waals surface area contributed by atoms with E-state index in [-0.39, 0.29) is 19.1 Å². The Bertz CT molecular complexity index is 585. The van der Waals surface area contributed by atoms with Crippen molar-refractivity contribution in [3.8, 4) is 11.8 Å². The molecule has 0 radical (unpaired) electrons. The predicted molar refractivity (Wildman–Crippen MR) is 82.9 cm³/mol. The third-order valence-corrected chi connectivity index (χ3v) is 3.83. The minimum Gasteiger partial charge on any atom is -0.479 e. The number of hydrogen-bond acceptors (Lipinski definition) is 4. The molecule has 0 aromatic heterocycles. The molecule has 0 heterocycles. The van der Waals surface area contributed by atoms with Gasteiger partial charge in [-0.25, -0.2) is 0 Å². The maximum absolute atomic E-state index is 12.0. The first-order valence-corrected chi connectivity index (χ1v) is 7.28. The molecule has 1 aliphatic rings. The van der Waals surface area contributed by atoms with Gasteiger partial charge in [0, 0.05) is 6.08 Å². The molecule has 116 valence electrons. The van der Waals surface area contributed by atoms with Crippen molar-refractivity contribution in [2.45, 2.75) is 25.3 Å². The lowest BCUT2D eigenvalue weighted by atomic mass is 9.97. The van der Waals surface area contributed by atoms with E-state index in [1.165, 1.54) is 6.08 Å². The number of hydrogen-bond donors (Lipinski definition) is 2. The van der Waals surface area contributed by atoms with Crippen LogP contribution < -0.4 is 10.1 Å². The highest BCUT2D eigenvalue weighted by atomic mass is 16.5. The number of carbonyl (C=O) groups excluding carboxylic acids is 1. The standard InChI is InChI=1S/C17H20N2O3/c1-17(12-20,14-5-6-14)19-16(21)9-4-13-2-7-15(8-3-13)22-11-10-18/h2-4,7-9,14,20H,5-6,11-12H2,1H3,(H,19,21)/b9-4+. The van der Waals surface area contributed by atoms with Crippen LogP contribution in [-0.4, -0.2) is 29.8 Å². The zero-order valence-corrected chi connectivity index (χ0v) is 12.6. The van der Waals surface area contributed by atoms with E-state index in [1.54, 1.807) is 18.2 Å². The van der Waals surface area contributed by atoms with E-state index < -0.39 is 5.54 Å². The lowest BCUT2D eigenvalue weighted by Crippen LogP contribution is -2.50. The number of aliphatic hydroxyl groups excluding tert-OH is 1. The number of carbonyl (C=O) groups is 1. The first-order valence-electron chi connectivity index (χ1n) is 7.28. The van der Waals surface area contributed by atoms with Gasteiger partial charge in [-0.2, -0.15) is 5.26 Å². The van der Waals surface area contributed by atoms with Crippen molar-refractivity contribution in [3.05, 3.63) is 35.9 Å².